The molecule has 6 nitrogen and oxygen atoms in total. The lowest BCUT2D eigenvalue weighted by atomic mass is 10.1. The molecule has 0 saturated heterocycles. The van der Waals surface area contributed by atoms with Gasteiger partial charge in [0.25, 0.3) is 0 Å². The summed E-state index contributed by atoms with van der Waals surface area (Å²) in [6.45, 7) is 0. The molecule has 0 aliphatic heterocycles. The monoisotopic (exact) mass is 376 g/mol. The Kier molecular flexibility index (Phi) is 4.11. The molecule has 138 valence electrons. The fourth-order valence-corrected chi connectivity index (χ4v) is 3.16. The van der Waals surface area contributed by atoms with Crippen LogP contribution < -0.4 is 0 Å². The van der Waals surface area contributed by atoms with E-state index in [0.717, 1.165) is 28.0 Å². The summed E-state index contributed by atoms with van der Waals surface area (Å²) in [6.07, 6.45) is 7.37. The molecule has 29 heavy (non-hydrogen) atoms. The van der Waals surface area contributed by atoms with Crippen LogP contribution in [0.15, 0.2) is 79.4 Å². The molecule has 1 aromatic carbocycles. The number of hydrogen-bond acceptors (Lipinski definition) is 4. The molecule has 5 rings (SSSR count). The largest absolute Gasteiger partial charge is 0.327 e. The van der Waals surface area contributed by atoms with Crippen molar-refractivity contribution in [2.45, 2.75) is 0 Å². The lowest BCUT2D eigenvalue weighted by molar-refractivity contribution is 0.893. The molecule has 0 unspecified atom stereocenters. The van der Waals surface area contributed by atoms with Crippen molar-refractivity contribution >= 4 is 5.65 Å². The van der Waals surface area contributed by atoms with Gasteiger partial charge < -0.3 is 4.57 Å². The number of pyridine rings is 2. The number of benzene rings is 1. The predicted molar refractivity (Wildman–Crippen MR) is 111 cm³/mol. The fourth-order valence-electron chi connectivity index (χ4n) is 3.16. The van der Waals surface area contributed by atoms with Crippen molar-refractivity contribution in [3.63, 3.8) is 0 Å². The maximum atomic E-state index is 4.63. The van der Waals surface area contributed by atoms with E-state index in [-0.39, 0.29) is 0 Å². The molecule has 0 saturated carbocycles. The first kappa shape index (κ1) is 16.9. The molecule has 0 bridgehead atoms. The summed E-state index contributed by atoms with van der Waals surface area (Å²) in [6, 6.07) is 17.9. The summed E-state index contributed by atoms with van der Waals surface area (Å²) in [7, 11) is 1.93. The van der Waals surface area contributed by atoms with Gasteiger partial charge in [-0.3, -0.25) is 4.98 Å². The van der Waals surface area contributed by atoms with Gasteiger partial charge in [0, 0.05) is 43.0 Å². The van der Waals surface area contributed by atoms with Gasteiger partial charge >= 0.3 is 0 Å². The quantitative estimate of drug-likeness (QED) is 0.442. The Morgan fingerprint density at radius 3 is 2.48 bits per heavy atom. The third kappa shape index (κ3) is 3.26. The van der Waals surface area contributed by atoms with E-state index in [1.165, 1.54) is 0 Å². The van der Waals surface area contributed by atoms with Gasteiger partial charge in [-0.05, 0) is 41.7 Å². The fraction of sp³-hybridized carbons (Fsp3) is 0.0435. The second-order valence-electron chi connectivity index (χ2n) is 6.54. The third-order valence-electron chi connectivity index (χ3n) is 4.59. The van der Waals surface area contributed by atoms with E-state index in [1.807, 2.05) is 78.6 Å². The Bertz CT molecular complexity index is 1350. The molecule has 4 aromatic heterocycles. The van der Waals surface area contributed by atoms with Crippen molar-refractivity contribution in [1.82, 2.24) is 29.1 Å². The van der Waals surface area contributed by atoms with Crippen LogP contribution in [-0.4, -0.2) is 29.1 Å². The number of hydrogen-bond donors (Lipinski definition) is 0. The highest BCUT2D eigenvalue weighted by atomic mass is 15.3. The summed E-state index contributed by atoms with van der Waals surface area (Å²) >= 11 is 0. The smallest absolute Gasteiger partial charge is 0.226 e. The number of fused-ring (bicyclic) bond motifs is 1. The molecule has 0 aliphatic carbocycles. The number of aromatic nitrogens is 6. The maximum Gasteiger partial charge on any atom is 0.226 e. The summed E-state index contributed by atoms with van der Waals surface area (Å²) in [4.78, 5) is 13.3. The minimum Gasteiger partial charge on any atom is -0.327 e. The first-order valence-electron chi connectivity index (χ1n) is 9.14. The topological polar surface area (TPSA) is 60.9 Å². The molecule has 5 aromatic rings. The van der Waals surface area contributed by atoms with Gasteiger partial charge in [0.1, 0.15) is 0 Å². The number of rotatable bonds is 2. The lowest BCUT2D eigenvalue weighted by Crippen LogP contribution is -1.91. The molecule has 6 heteroatoms. The highest BCUT2D eigenvalue weighted by molar-refractivity contribution is 5.77. The second kappa shape index (κ2) is 7.06. The van der Waals surface area contributed by atoms with Crippen LogP contribution >= 0.6 is 0 Å². The van der Waals surface area contributed by atoms with Crippen LogP contribution in [0.5, 0.6) is 0 Å². The average molecular weight is 376 g/mol. The summed E-state index contributed by atoms with van der Waals surface area (Å²) in [5.74, 6) is 7.26. The van der Waals surface area contributed by atoms with E-state index in [2.05, 4.69) is 31.9 Å². The Balaban J connectivity index is 1.51. The summed E-state index contributed by atoms with van der Waals surface area (Å²) < 4.78 is 3.65. The van der Waals surface area contributed by atoms with Gasteiger partial charge in [0.2, 0.25) is 5.82 Å². The molecule has 0 fully saturated rings. The average Bonchev–Trinajstić information content (AvgIpc) is 3.36. The molecule has 0 N–H and O–H groups in total. The molecule has 0 aliphatic rings. The highest BCUT2D eigenvalue weighted by Crippen LogP contribution is 2.22. The van der Waals surface area contributed by atoms with Crippen molar-refractivity contribution < 1.29 is 0 Å². The minimum atomic E-state index is 0.454. The Labute approximate surface area is 167 Å². The van der Waals surface area contributed by atoms with Gasteiger partial charge in [-0.1, -0.05) is 30.3 Å². The Hall–Kier alpha value is -4.24. The van der Waals surface area contributed by atoms with Crippen molar-refractivity contribution in [2.75, 3.05) is 0 Å². The number of imidazole rings is 1. The van der Waals surface area contributed by atoms with Crippen LogP contribution in [0.2, 0.25) is 0 Å². The van der Waals surface area contributed by atoms with E-state index in [4.69, 9.17) is 0 Å². The van der Waals surface area contributed by atoms with Crippen LogP contribution in [0.4, 0.5) is 0 Å². The van der Waals surface area contributed by atoms with Crippen molar-refractivity contribution in [2.24, 2.45) is 7.05 Å². The Morgan fingerprint density at radius 2 is 1.66 bits per heavy atom. The molecule has 0 amide bonds. The van der Waals surface area contributed by atoms with E-state index >= 15 is 0 Å². The molecule has 0 atom stereocenters. The standard InChI is InChI=1S/C23H16N6/c1-28-16-20(18-6-3-2-4-7-18)25-22(28)10-9-21-26-23-19(8-5-15-29(23)27-21)17-11-13-24-14-12-17/h2-8,11-16H,1H3. The second-order valence-corrected chi connectivity index (χ2v) is 6.54. The molecule has 0 spiro atoms. The predicted octanol–water partition coefficient (Wildman–Crippen LogP) is 3.59. The van der Waals surface area contributed by atoms with Crippen LogP contribution in [0.1, 0.15) is 11.6 Å². The van der Waals surface area contributed by atoms with Crippen LogP contribution in [0, 0.1) is 11.8 Å². The van der Waals surface area contributed by atoms with Crippen LogP contribution in [0.25, 0.3) is 28.0 Å². The molecule has 4 heterocycles. The highest BCUT2D eigenvalue weighted by Gasteiger charge is 2.09. The zero-order chi connectivity index (χ0) is 19.6. The van der Waals surface area contributed by atoms with Gasteiger partial charge in [0.05, 0.1) is 5.69 Å². The van der Waals surface area contributed by atoms with Crippen LogP contribution in [-0.2, 0) is 7.05 Å². The van der Waals surface area contributed by atoms with E-state index in [9.17, 15) is 0 Å². The van der Waals surface area contributed by atoms with Gasteiger partial charge in [-0.2, -0.15) is 4.98 Å². The lowest BCUT2D eigenvalue weighted by Gasteiger charge is -2.01. The van der Waals surface area contributed by atoms with Crippen molar-refractivity contribution in [3.8, 4) is 34.2 Å². The van der Waals surface area contributed by atoms with Crippen molar-refractivity contribution in [3.05, 3.63) is 91.0 Å². The van der Waals surface area contributed by atoms with E-state index in [0.29, 0.717) is 11.6 Å². The normalized spacial score (nSPS) is 10.7. The maximum absolute atomic E-state index is 4.63. The SMILES string of the molecule is Cn1cc(-c2ccccc2)nc1C#Cc1nc2c(-c3ccncc3)cccn2n1. The third-order valence-corrected chi connectivity index (χ3v) is 4.59. The van der Waals surface area contributed by atoms with E-state index in [1.54, 1.807) is 16.9 Å². The first-order chi connectivity index (χ1) is 14.3. The summed E-state index contributed by atoms with van der Waals surface area (Å²) in [5.41, 5.74) is 4.73. The minimum absolute atomic E-state index is 0.454. The molecule has 0 radical (unpaired) electrons. The zero-order valence-electron chi connectivity index (χ0n) is 15.7. The van der Waals surface area contributed by atoms with Gasteiger partial charge in [0.15, 0.2) is 11.5 Å². The first-order valence-corrected chi connectivity index (χ1v) is 9.14. The van der Waals surface area contributed by atoms with Crippen molar-refractivity contribution in [1.29, 1.82) is 0 Å². The van der Waals surface area contributed by atoms with Gasteiger partial charge in [-0.25, -0.2) is 9.50 Å². The van der Waals surface area contributed by atoms with Gasteiger partial charge in [-0.15, -0.1) is 5.10 Å². The van der Waals surface area contributed by atoms with E-state index < -0.39 is 0 Å². The molecular weight excluding hydrogens is 360 g/mol. The van der Waals surface area contributed by atoms with Crippen LogP contribution in [0.3, 0.4) is 0 Å². The molecular formula is C23H16N6. The number of aryl methyl sites for hydroxylation is 1. The summed E-state index contributed by atoms with van der Waals surface area (Å²) in [5, 5.41) is 4.49. The Morgan fingerprint density at radius 1 is 0.828 bits per heavy atom. The zero-order valence-corrected chi connectivity index (χ0v) is 15.7. The number of nitrogens with zero attached hydrogens (tertiary/aromatic N) is 6.